The number of H-pyrrole nitrogens is 1. The number of ether oxygens (including phenoxy) is 1. The van der Waals surface area contributed by atoms with Crippen LogP contribution < -0.4 is 9.64 Å². The summed E-state index contributed by atoms with van der Waals surface area (Å²) in [6.45, 7) is 4.05. The van der Waals surface area contributed by atoms with E-state index in [4.69, 9.17) is 4.74 Å². The number of benzene rings is 3. The minimum atomic E-state index is 0.602. The highest BCUT2D eigenvalue weighted by Gasteiger charge is 2.20. The molecule has 5 aromatic rings. The number of rotatable bonds is 2. The number of imidazole rings is 1. The normalized spacial score (nSPS) is 13.8. The summed E-state index contributed by atoms with van der Waals surface area (Å²) in [5.41, 5.74) is 6.40. The molecule has 2 aromatic heterocycles. The molecule has 1 aliphatic heterocycles. The van der Waals surface area contributed by atoms with Crippen molar-refractivity contribution < 1.29 is 4.74 Å². The molecule has 32 heavy (non-hydrogen) atoms. The predicted molar refractivity (Wildman–Crippen MR) is 130 cm³/mol. The van der Waals surface area contributed by atoms with E-state index < -0.39 is 0 Å². The number of nitrogens with one attached hydrogen (secondary N) is 1. The van der Waals surface area contributed by atoms with Crippen molar-refractivity contribution in [3.05, 3.63) is 76.8 Å². The quantitative estimate of drug-likeness (QED) is 0.350. The van der Waals surface area contributed by atoms with Crippen LogP contribution in [0.25, 0.3) is 33.1 Å². The molecule has 158 valence electrons. The summed E-state index contributed by atoms with van der Waals surface area (Å²) < 4.78 is 7.10. The Kier molecular flexibility index (Phi) is 4.57. The van der Waals surface area contributed by atoms with Gasteiger partial charge >= 0.3 is 0 Å². The molecule has 0 amide bonds. The van der Waals surface area contributed by atoms with Crippen molar-refractivity contribution in [1.82, 2.24) is 19.9 Å². The van der Waals surface area contributed by atoms with Gasteiger partial charge in [0.1, 0.15) is 30.3 Å². The molecule has 0 saturated carbocycles. The lowest BCUT2D eigenvalue weighted by molar-refractivity contribution is 0.331. The Morgan fingerprint density at radius 1 is 0.969 bits per heavy atom. The van der Waals surface area contributed by atoms with Gasteiger partial charge in [-0.1, -0.05) is 28.1 Å². The molecule has 0 radical (unpaired) electrons. The van der Waals surface area contributed by atoms with Crippen molar-refractivity contribution >= 4 is 43.7 Å². The van der Waals surface area contributed by atoms with Gasteiger partial charge < -0.3 is 14.6 Å². The maximum atomic E-state index is 6.09. The third kappa shape index (κ3) is 3.39. The summed E-state index contributed by atoms with van der Waals surface area (Å²) in [5, 5.41) is 1.03. The van der Waals surface area contributed by atoms with Gasteiger partial charge in [-0.05, 0) is 60.5 Å². The number of fused-ring (bicyclic) bond motifs is 3. The van der Waals surface area contributed by atoms with E-state index in [1.807, 2.05) is 19.1 Å². The summed E-state index contributed by atoms with van der Waals surface area (Å²) in [6, 6.07) is 18.8. The predicted octanol–water partition coefficient (Wildman–Crippen LogP) is 5.64. The first-order valence-corrected chi connectivity index (χ1v) is 11.3. The molecule has 0 spiro atoms. The summed E-state index contributed by atoms with van der Waals surface area (Å²) in [6.07, 6.45) is 1.64. The Balaban J connectivity index is 1.40. The maximum absolute atomic E-state index is 6.09. The van der Waals surface area contributed by atoms with Crippen LogP contribution in [0.5, 0.6) is 5.75 Å². The largest absolute Gasteiger partial charge is 0.491 e. The first-order valence-electron chi connectivity index (χ1n) is 10.5. The zero-order valence-electron chi connectivity index (χ0n) is 17.5. The van der Waals surface area contributed by atoms with Crippen LogP contribution in [-0.4, -0.2) is 33.1 Å². The highest BCUT2D eigenvalue weighted by atomic mass is 79.9. The van der Waals surface area contributed by atoms with Crippen LogP contribution >= 0.6 is 15.9 Å². The molecule has 6 rings (SSSR count). The molecule has 1 aliphatic rings. The summed E-state index contributed by atoms with van der Waals surface area (Å²) in [7, 11) is 0. The number of aryl methyl sites for hydroxylation is 1. The Bertz CT molecular complexity index is 1480. The smallest absolute Gasteiger partial charge is 0.140 e. The standard InChI is InChI=1S/C25H20BrN5O/c1-15-29-22-5-2-17(11-23(22)30-15)16-3-7-24-18(10-16)13-31(8-9-32-24)25-20-12-19(26)4-6-21(20)27-14-28-25/h2-7,10-12,14H,8-9,13H2,1H3,(H,29,30). The van der Waals surface area contributed by atoms with Gasteiger partial charge in [0, 0.05) is 22.0 Å². The van der Waals surface area contributed by atoms with Crippen molar-refractivity contribution in [3.8, 4) is 16.9 Å². The van der Waals surface area contributed by atoms with Gasteiger partial charge in [0.25, 0.3) is 0 Å². The second-order valence-corrected chi connectivity index (χ2v) is 8.92. The van der Waals surface area contributed by atoms with Gasteiger partial charge in [-0.3, -0.25) is 0 Å². The van der Waals surface area contributed by atoms with Gasteiger partial charge in [-0.15, -0.1) is 0 Å². The molecule has 0 aliphatic carbocycles. The highest BCUT2D eigenvalue weighted by Crippen LogP contribution is 2.33. The van der Waals surface area contributed by atoms with E-state index in [1.54, 1.807) is 6.33 Å². The van der Waals surface area contributed by atoms with E-state index in [-0.39, 0.29) is 0 Å². The molecule has 0 fully saturated rings. The average Bonchev–Trinajstić information content (AvgIpc) is 3.04. The summed E-state index contributed by atoms with van der Waals surface area (Å²) >= 11 is 3.58. The van der Waals surface area contributed by atoms with Crippen LogP contribution in [0.1, 0.15) is 11.4 Å². The number of anilines is 1. The molecular formula is C25H20BrN5O. The highest BCUT2D eigenvalue weighted by molar-refractivity contribution is 9.10. The van der Waals surface area contributed by atoms with Crippen molar-refractivity contribution in [2.24, 2.45) is 0 Å². The summed E-state index contributed by atoms with van der Waals surface area (Å²) in [4.78, 5) is 19.2. The number of aromatic amines is 1. The molecule has 0 saturated heterocycles. The van der Waals surface area contributed by atoms with Gasteiger partial charge in [0.2, 0.25) is 0 Å². The lowest BCUT2D eigenvalue weighted by atomic mass is 10.0. The van der Waals surface area contributed by atoms with Crippen molar-refractivity contribution in [2.75, 3.05) is 18.1 Å². The zero-order valence-corrected chi connectivity index (χ0v) is 19.1. The Morgan fingerprint density at radius 2 is 1.81 bits per heavy atom. The van der Waals surface area contributed by atoms with Crippen LogP contribution in [-0.2, 0) is 6.54 Å². The van der Waals surface area contributed by atoms with E-state index in [0.29, 0.717) is 13.2 Å². The number of halogens is 1. The monoisotopic (exact) mass is 485 g/mol. The number of aromatic nitrogens is 4. The minimum Gasteiger partial charge on any atom is -0.491 e. The van der Waals surface area contributed by atoms with Crippen molar-refractivity contribution in [2.45, 2.75) is 13.5 Å². The summed E-state index contributed by atoms with van der Waals surface area (Å²) in [5.74, 6) is 2.77. The molecule has 0 unspecified atom stereocenters. The fourth-order valence-electron chi connectivity index (χ4n) is 4.34. The fourth-order valence-corrected chi connectivity index (χ4v) is 4.70. The van der Waals surface area contributed by atoms with Crippen LogP contribution in [0.15, 0.2) is 65.4 Å². The lowest BCUT2D eigenvalue weighted by Gasteiger charge is -2.22. The topological polar surface area (TPSA) is 66.9 Å². The molecule has 3 aromatic carbocycles. The van der Waals surface area contributed by atoms with Gasteiger partial charge in [-0.25, -0.2) is 15.0 Å². The van der Waals surface area contributed by atoms with E-state index in [9.17, 15) is 0 Å². The van der Waals surface area contributed by atoms with Gasteiger partial charge in [-0.2, -0.15) is 0 Å². The fraction of sp³-hybridized carbons (Fsp3) is 0.160. The third-order valence-corrected chi connectivity index (χ3v) is 6.34. The Labute approximate surface area is 193 Å². The number of hydrogen-bond acceptors (Lipinski definition) is 5. The van der Waals surface area contributed by atoms with Crippen LogP contribution in [0.3, 0.4) is 0 Å². The van der Waals surface area contributed by atoms with E-state index in [0.717, 1.165) is 67.0 Å². The maximum Gasteiger partial charge on any atom is 0.140 e. The molecule has 3 heterocycles. The van der Waals surface area contributed by atoms with Crippen LogP contribution in [0.2, 0.25) is 0 Å². The van der Waals surface area contributed by atoms with E-state index in [1.165, 1.54) is 0 Å². The van der Waals surface area contributed by atoms with Gasteiger partial charge in [0.15, 0.2) is 0 Å². The van der Waals surface area contributed by atoms with E-state index >= 15 is 0 Å². The number of hydrogen-bond donors (Lipinski definition) is 1. The van der Waals surface area contributed by atoms with E-state index in [2.05, 4.69) is 83.2 Å². The Morgan fingerprint density at radius 3 is 2.75 bits per heavy atom. The molecule has 0 bridgehead atoms. The Hall–Kier alpha value is -3.45. The molecular weight excluding hydrogens is 466 g/mol. The lowest BCUT2D eigenvalue weighted by Crippen LogP contribution is -2.26. The van der Waals surface area contributed by atoms with Gasteiger partial charge in [0.05, 0.1) is 23.1 Å². The zero-order chi connectivity index (χ0) is 21.7. The molecule has 1 N–H and O–H groups in total. The van der Waals surface area contributed by atoms with Crippen molar-refractivity contribution in [3.63, 3.8) is 0 Å². The first kappa shape index (κ1) is 19.3. The molecule has 6 nitrogen and oxygen atoms in total. The SMILES string of the molecule is Cc1nc2ccc(-c3ccc4c(c3)CN(c3ncnc5ccc(Br)cc35)CCO4)cc2[nH]1. The second kappa shape index (κ2) is 7.60. The van der Waals surface area contributed by atoms with Crippen molar-refractivity contribution in [1.29, 1.82) is 0 Å². The molecule has 7 heteroatoms. The third-order valence-electron chi connectivity index (χ3n) is 5.85. The first-order chi connectivity index (χ1) is 15.6. The van der Waals surface area contributed by atoms with Crippen LogP contribution in [0.4, 0.5) is 5.82 Å². The number of nitrogens with zero attached hydrogens (tertiary/aromatic N) is 4. The molecule has 0 atom stereocenters. The van der Waals surface area contributed by atoms with Crippen LogP contribution in [0, 0.1) is 6.92 Å². The second-order valence-electron chi connectivity index (χ2n) is 8.01. The average molecular weight is 486 g/mol. The minimum absolute atomic E-state index is 0.602.